The van der Waals surface area contributed by atoms with Crippen molar-refractivity contribution >= 4 is 86.2 Å². The van der Waals surface area contributed by atoms with Crippen LogP contribution in [0.4, 0.5) is 0 Å². The van der Waals surface area contributed by atoms with Crippen LogP contribution in [-0.4, -0.2) is 0 Å². The van der Waals surface area contributed by atoms with Crippen LogP contribution in [0.1, 0.15) is 0 Å². The van der Waals surface area contributed by atoms with Gasteiger partial charge in [0, 0.05) is 0 Å². The summed E-state index contributed by atoms with van der Waals surface area (Å²) in [6.45, 7) is 0. The van der Waals surface area contributed by atoms with E-state index in [1.54, 1.807) is 0 Å². The summed E-state index contributed by atoms with van der Waals surface area (Å²) in [5.41, 5.74) is 12.5. The van der Waals surface area contributed by atoms with Crippen molar-refractivity contribution in [3.05, 3.63) is 231 Å². The molecule has 14 aromatic carbocycles. The van der Waals surface area contributed by atoms with E-state index in [-0.39, 0.29) is 0 Å². The maximum Gasteiger partial charge on any atom is -0.000719 e. The van der Waals surface area contributed by atoms with Gasteiger partial charge in [0.1, 0.15) is 0 Å². The summed E-state index contributed by atoms with van der Waals surface area (Å²) >= 11 is 0. The second-order valence-corrected chi connectivity index (χ2v) is 17.4. The molecule has 0 aliphatic carbocycles. The smallest absolute Gasteiger partial charge is 0.000719 e. The molecule has 0 amide bonds. The Bertz CT molecular complexity index is 4130. The van der Waals surface area contributed by atoms with E-state index in [1.165, 1.54) is 142 Å². The first-order chi connectivity index (χ1) is 31.8. The molecule has 64 heavy (non-hydrogen) atoms. The van der Waals surface area contributed by atoms with Gasteiger partial charge in [-0.15, -0.1) is 0 Å². The maximum absolute atomic E-state index is 2.55. The van der Waals surface area contributed by atoms with Crippen molar-refractivity contribution in [1.29, 1.82) is 0 Å². The molecule has 0 heterocycles. The molecule has 14 rings (SSSR count). The van der Waals surface area contributed by atoms with Crippen LogP contribution in [0, 0.1) is 0 Å². The number of rotatable bonds is 5. The molecule has 0 radical (unpaired) electrons. The average Bonchev–Trinajstić information content (AvgIpc) is 3.88. The summed E-state index contributed by atoms with van der Waals surface area (Å²) < 4.78 is 0. The van der Waals surface area contributed by atoms with Gasteiger partial charge in [-0.25, -0.2) is 0 Å². The fourth-order valence-corrected chi connectivity index (χ4v) is 11.6. The summed E-state index contributed by atoms with van der Waals surface area (Å²) in [4.78, 5) is 0. The van der Waals surface area contributed by atoms with Crippen LogP contribution in [0.15, 0.2) is 231 Å². The van der Waals surface area contributed by atoms with Crippen LogP contribution in [0.3, 0.4) is 0 Å². The Morgan fingerprint density at radius 3 is 1.06 bits per heavy atom. The molecule has 0 saturated heterocycles. The van der Waals surface area contributed by atoms with Crippen molar-refractivity contribution in [2.45, 2.75) is 0 Å². The van der Waals surface area contributed by atoms with Crippen LogP contribution in [0.2, 0.25) is 0 Å². The molecule has 0 saturated carbocycles. The predicted octanol–water partition coefficient (Wildman–Crippen LogP) is 18.1. The summed E-state index contributed by atoms with van der Waals surface area (Å²) in [6, 6.07) is 85.9. The molecule has 0 unspecified atom stereocenters. The van der Waals surface area contributed by atoms with Crippen molar-refractivity contribution in [1.82, 2.24) is 0 Å². The molecule has 294 valence electrons. The molecule has 0 atom stereocenters. The molecule has 0 spiro atoms. The lowest BCUT2D eigenvalue weighted by Gasteiger charge is -2.16. The minimum absolute atomic E-state index is 1.22. The lowest BCUT2D eigenvalue weighted by Crippen LogP contribution is -1.89. The molecule has 0 fully saturated rings. The first-order valence-corrected chi connectivity index (χ1v) is 22.4. The van der Waals surface area contributed by atoms with Gasteiger partial charge in [0.25, 0.3) is 0 Å². The fourth-order valence-electron chi connectivity index (χ4n) is 11.6. The van der Waals surface area contributed by atoms with E-state index in [0.29, 0.717) is 0 Å². The summed E-state index contributed by atoms with van der Waals surface area (Å²) in [7, 11) is 0. The van der Waals surface area contributed by atoms with Crippen molar-refractivity contribution in [3.63, 3.8) is 0 Å². The van der Waals surface area contributed by atoms with E-state index in [1.807, 2.05) is 0 Å². The van der Waals surface area contributed by atoms with Gasteiger partial charge in [-0.05, 0) is 154 Å². The minimum atomic E-state index is 1.22. The molecule has 14 aromatic rings. The Balaban J connectivity index is 1.20. The largest absolute Gasteiger partial charge is 0.0622 e. The van der Waals surface area contributed by atoms with Crippen LogP contribution < -0.4 is 0 Å². The number of benzene rings is 12. The molecule has 0 aromatic heterocycles. The van der Waals surface area contributed by atoms with E-state index >= 15 is 0 Å². The van der Waals surface area contributed by atoms with Gasteiger partial charge in [-0.3, -0.25) is 0 Å². The zero-order chi connectivity index (χ0) is 41.9. The summed E-state index contributed by atoms with van der Waals surface area (Å²) in [5.74, 6) is 0. The van der Waals surface area contributed by atoms with E-state index in [2.05, 4.69) is 231 Å². The molecule has 0 bridgehead atoms. The molecular formula is C64H38. The normalized spacial score (nSPS) is 12.1. The quantitative estimate of drug-likeness (QED) is 0.152. The molecule has 0 heteroatoms. The fraction of sp³-hybridized carbons (Fsp3) is 0. The van der Waals surface area contributed by atoms with Gasteiger partial charge in [0.05, 0.1) is 0 Å². The third-order valence-electron chi connectivity index (χ3n) is 14.1. The zero-order valence-corrected chi connectivity index (χ0v) is 34.9. The highest BCUT2D eigenvalue weighted by Gasteiger charge is 2.27. The van der Waals surface area contributed by atoms with Crippen LogP contribution in [0.5, 0.6) is 0 Å². The van der Waals surface area contributed by atoms with Crippen LogP contribution >= 0.6 is 0 Å². The van der Waals surface area contributed by atoms with E-state index < -0.39 is 0 Å². The van der Waals surface area contributed by atoms with Gasteiger partial charge in [-0.1, -0.05) is 218 Å². The minimum Gasteiger partial charge on any atom is -0.0622 e. The molecule has 0 aliphatic heterocycles. The lowest BCUT2D eigenvalue weighted by molar-refractivity contribution is 1.60. The van der Waals surface area contributed by atoms with E-state index in [9.17, 15) is 0 Å². The number of hydrogen-bond acceptors (Lipinski definition) is 0. The Morgan fingerprint density at radius 1 is 0.156 bits per heavy atom. The average molecular weight is 807 g/mol. The first-order valence-electron chi connectivity index (χ1n) is 22.4. The highest BCUT2D eigenvalue weighted by Crippen LogP contribution is 2.55. The maximum atomic E-state index is 2.55. The predicted molar refractivity (Wildman–Crippen MR) is 276 cm³/mol. The van der Waals surface area contributed by atoms with Crippen LogP contribution in [0.25, 0.3) is 142 Å². The second kappa shape index (κ2) is 13.6. The lowest BCUT2D eigenvalue weighted by atomic mass is 9.86. The van der Waals surface area contributed by atoms with Gasteiger partial charge in [-0.2, -0.15) is 0 Å². The zero-order valence-electron chi connectivity index (χ0n) is 34.9. The van der Waals surface area contributed by atoms with Crippen molar-refractivity contribution in [2.75, 3.05) is 0 Å². The monoisotopic (exact) mass is 806 g/mol. The molecule has 0 aliphatic rings. The van der Waals surface area contributed by atoms with Gasteiger partial charge >= 0.3 is 0 Å². The summed E-state index contributed by atoms with van der Waals surface area (Å²) in [6.07, 6.45) is 0. The second-order valence-electron chi connectivity index (χ2n) is 17.4. The Kier molecular flexibility index (Phi) is 7.49. The first kappa shape index (κ1) is 35.3. The Labute approximate surface area is 370 Å². The van der Waals surface area contributed by atoms with E-state index in [0.717, 1.165) is 0 Å². The van der Waals surface area contributed by atoms with Gasteiger partial charge in [0.15, 0.2) is 0 Å². The highest BCUT2D eigenvalue weighted by molar-refractivity contribution is 6.46. The Hall–Kier alpha value is -8.32. The van der Waals surface area contributed by atoms with Crippen molar-refractivity contribution in [3.8, 4) is 55.6 Å². The van der Waals surface area contributed by atoms with Crippen molar-refractivity contribution in [2.24, 2.45) is 0 Å². The van der Waals surface area contributed by atoms with Crippen LogP contribution in [-0.2, 0) is 0 Å². The highest BCUT2D eigenvalue weighted by atomic mass is 14.3. The topological polar surface area (TPSA) is 0 Å². The SMILES string of the molecule is c1ccc(-c2ccccc2-c2ccc(-c3ccccc3)c3c4cccc5c6cc7c8c(-c9ccccc9)c9ccccc9c(-c9ccccc9)c8c8cccc(c6cc(c23)c54)c87)cc1. The molecule has 0 nitrogen and oxygen atoms in total. The standard InChI is InChI=1S/C64H38/c1-5-19-39(20-6-1)43-27-13-14-28-45(43)50-36-35-44(40-21-7-2-8-22-40)61-51-33-17-31-48-54-38-56-60-49(53(54)37-55(59(48)51)62(50)61)32-18-34-52(60)63-57(41-23-9-3-10-24-41)46-29-15-16-30-47(46)58(64(56)63)42-25-11-4-12-26-42/h1-38H. The van der Waals surface area contributed by atoms with Gasteiger partial charge in [0.2, 0.25) is 0 Å². The number of hydrogen-bond donors (Lipinski definition) is 0. The molecular weight excluding hydrogens is 769 g/mol. The molecule has 0 N–H and O–H groups in total. The van der Waals surface area contributed by atoms with Gasteiger partial charge < -0.3 is 0 Å². The number of fused-ring (bicyclic) bond motifs is 10. The third kappa shape index (κ3) is 4.88. The van der Waals surface area contributed by atoms with E-state index in [4.69, 9.17) is 0 Å². The third-order valence-corrected chi connectivity index (χ3v) is 14.1. The van der Waals surface area contributed by atoms with Crippen molar-refractivity contribution < 1.29 is 0 Å². The Morgan fingerprint density at radius 2 is 0.516 bits per heavy atom. The summed E-state index contributed by atoms with van der Waals surface area (Å²) in [5, 5.41) is 20.9.